The van der Waals surface area contributed by atoms with Crippen LogP contribution < -0.4 is 10.6 Å². The molecule has 8 rings (SSSR count). The average Bonchev–Trinajstić information content (AvgIpc) is 4.04. The van der Waals surface area contributed by atoms with Gasteiger partial charge in [0.05, 0.1) is 49.2 Å². The Balaban J connectivity index is 0.927. The van der Waals surface area contributed by atoms with Gasteiger partial charge in [0.25, 0.3) is 5.91 Å². The molecule has 4 N–H and O–H groups in total. The fraction of sp³-hybridized carbons (Fsp3) is 0.319. The number of aromatic amines is 2. The Morgan fingerprint density at radius 2 is 1.37 bits per heavy atom. The van der Waals surface area contributed by atoms with Gasteiger partial charge in [-0.15, -0.1) is 0 Å². The molecule has 13 nitrogen and oxygen atoms in total. The van der Waals surface area contributed by atoms with Crippen molar-refractivity contribution in [1.29, 1.82) is 0 Å². The van der Waals surface area contributed by atoms with E-state index in [1.54, 1.807) is 11.1 Å². The highest BCUT2D eigenvalue weighted by Gasteiger charge is 2.43. The highest BCUT2D eigenvalue weighted by molar-refractivity contribution is 5.91. The fourth-order valence-electron chi connectivity index (χ4n) is 8.48. The van der Waals surface area contributed by atoms with Crippen LogP contribution in [0.1, 0.15) is 74.7 Å². The molecule has 13 heteroatoms. The number of amides is 3. The molecule has 2 aliphatic rings. The van der Waals surface area contributed by atoms with Crippen LogP contribution in [0, 0.1) is 11.8 Å². The van der Waals surface area contributed by atoms with Gasteiger partial charge in [-0.2, -0.15) is 0 Å². The minimum absolute atomic E-state index is 0.0182. The third-order valence-electron chi connectivity index (χ3n) is 11.9. The maximum absolute atomic E-state index is 13.9. The van der Waals surface area contributed by atoms with Gasteiger partial charge in [-0.25, -0.2) is 19.6 Å². The van der Waals surface area contributed by atoms with Gasteiger partial charge >= 0.3 is 12.2 Å². The molecule has 0 radical (unpaired) electrons. The summed E-state index contributed by atoms with van der Waals surface area (Å²) in [7, 11) is 2.58. The van der Waals surface area contributed by atoms with E-state index in [4.69, 9.17) is 19.4 Å². The number of hydrogen-bond donors (Lipinski definition) is 4. The number of carbonyl (C=O) groups is 4. The summed E-state index contributed by atoms with van der Waals surface area (Å²) < 4.78 is 9.59. The number of fused-ring (bicyclic) bond motifs is 1. The zero-order valence-corrected chi connectivity index (χ0v) is 34.1. The van der Waals surface area contributed by atoms with Crippen LogP contribution in [0.4, 0.5) is 9.59 Å². The summed E-state index contributed by atoms with van der Waals surface area (Å²) in [4.78, 5) is 69.9. The summed E-state index contributed by atoms with van der Waals surface area (Å²) in [6.45, 7) is 4.40. The third kappa shape index (κ3) is 8.12. The van der Waals surface area contributed by atoms with Gasteiger partial charge in [0.1, 0.15) is 17.7 Å². The van der Waals surface area contributed by atoms with Gasteiger partial charge in [-0.05, 0) is 77.1 Å². The number of carbonyl (C=O) groups excluding carboxylic acids is 4. The molecule has 1 aliphatic heterocycles. The van der Waals surface area contributed by atoms with Crippen molar-refractivity contribution >= 4 is 34.9 Å². The number of ketones is 1. The largest absolute Gasteiger partial charge is 0.453 e. The van der Waals surface area contributed by atoms with Crippen LogP contribution >= 0.6 is 0 Å². The lowest BCUT2D eigenvalue weighted by Gasteiger charge is -2.37. The number of ether oxygens (including phenoxy) is 2. The topological polar surface area (TPSA) is 171 Å². The van der Waals surface area contributed by atoms with E-state index in [-0.39, 0.29) is 35.5 Å². The number of alkyl carbamates (subject to hydrolysis) is 2. The number of methoxy groups -OCH3 is 2. The van der Waals surface area contributed by atoms with Crippen molar-refractivity contribution in [2.45, 2.75) is 63.6 Å². The third-order valence-corrected chi connectivity index (χ3v) is 11.9. The summed E-state index contributed by atoms with van der Waals surface area (Å²) >= 11 is 0. The zero-order chi connectivity index (χ0) is 41.9. The van der Waals surface area contributed by atoms with E-state index in [2.05, 4.69) is 81.3 Å². The van der Waals surface area contributed by atoms with Crippen molar-refractivity contribution < 1.29 is 28.7 Å². The van der Waals surface area contributed by atoms with Gasteiger partial charge in [0.2, 0.25) is 0 Å². The first kappa shape index (κ1) is 40.0. The molecule has 1 unspecified atom stereocenters. The predicted molar refractivity (Wildman–Crippen MR) is 228 cm³/mol. The Kier molecular flexibility index (Phi) is 11.5. The number of benzene rings is 4. The lowest BCUT2D eigenvalue weighted by molar-refractivity contribution is -0.134. The summed E-state index contributed by atoms with van der Waals surface area (Å²) in [6.07, 6.45) is 3.73. The fourth-order valence-corrected chi connectivity index (χ4v) is 8.48. The van der Waals surface area contributed by atoms with Gasteiger partial charge in [0.15, 0.2) is 5.78 Å². The minimum Gasteiger partial charge on any atom is -0.453 e. The standard InChI is InChI=1S/C47H49N7O6/c1-27(2)40(52-46(57)59-3)42(55)34-21-22-35(34)43-49-36-23-20-33(25-37(36)50-43)30-14-12-28(13-15-30)29-16-18-31(19-17-29)38-26-48-44(51-38)39-11-8-24-54(39)45(56)41(53-47(58)60-4)32-9-6-5-7-10-32/h5-7,9-10,12-20,23,25-27,34-35,39-41H,8,11,21-22,24H2,1-4H3,(H,48,51)(H,49,50)(H,52,57)(H,53,58)/t34?,35-,39+,40+,41-/m1/s1. The first-order valence-electron chi connectivity index (χ1n) is 20.5. The lowest BCUT2D eigenvalue weighted by atomic mass is 9.68. The van der Waals surface area contributed by atoms with Gasteiger partial charge in [-0.1, -0.05) is 98.8 Å². The van der Waals surface area contributed by atoms with Gasteiger partial charge in [0, 0.05) is 18.4 Å². The van der Waals surface area contributed by atoms with Crippen molar-refractivity contribution in [2.75, 3.05) is 20.8 Å². The van der Waals surface area contributed by atoms with Crippen molar-refractivity contribution in [2.24, 2.45) is 11.8 Å². The van der Waals surface area contributed by atoms with Crippen molar-refractivity contribution in [3.8, 4) is 33.5 Å². The molecule has 3 heterocycles. The molecular weight excluding hydrogens is 759 g/mol. The van der Waals surface area contributed by atoms with Crippen LogP contribution in [0.25, 0.3) is 44.5 Å². The van der Waals surface area contributed by atoms with E-state index < -0.39 is 24.3 Å². The van der Waals surface area contributed by atoms with Crippen LogP contribution in [0.2, 0.25) is 0 Å². The Hall–Kier alpha value is -6.76. The van der Waals surface area contributed by atoms with E-state index in [1.807, 2.05) is 50.2 Å². The number of imidazole rings is 2. The monoisotopic (exact) mass is 807 g/mol. The van der Waals surface area contributed by atoms with Crippen molar-refractivity contribution in [1.82, 2.24) is 35.5 Å². The molecule has 2 aromatic heterocycles. The second-order valence-electron chi connectivity index (χ2n) is 15.9. The molecule has 1 aliphatic carbocycles. The Bertz CT molecular complexity index is 2500. The van der Waals surface area contributed by atoms with E-state index >= 15 is 0 Å². The second kappa shape index (κ2) is 17.2. The normalized spacial score (nSPS) is 18.4. The van der Waals surface area contributed by atoms with Crippen LogP contribution in [-0.2, 0) is 19.1 Å². The second-order valence-corrected chi connectivity index (χ2v) is 15.9. The van der Waals surface area contributed by atoms with Gasteiger partial charge < -0.3 is 35.0 Å². The van der Waals surface area contributed by atoms with Crippen LogP contribution in [0.5, 0.6) is 0 Å². The molecule has 1 saturated carbocycles. The number of hydrogen-bond acceptors (Lipinski definition) is 8. The molecule has 60 heavy (non-hydrogen) atoms. The maximum Gasteiger partial charge on any atom is 0.407 e. The molecule has 3 amide bonds. The molecule has 1 saturated heterocycles. The Labute approximate surface area is 348 Å². The zero-order valence-electron chi connectivity index (χ0n) is 34.1. The van der Waals surface area contributed by atoms with E-state index in [0.29, 0.717) is 17.9 Å². The molecule has 0 spiro atoms. The summed E-state index contributed by atoms with van der Waals surface area (Å²) in [5, 5.41) is 5.44. The van der Waals surface area contributed by atoms with E-state index in [9.17, 15) is 19.2 Å². The molecule has 308 valence electrons. The summed E-state index contributed by atoms with van der Waals surface area (Å²) in [5.41, 5.74) is 8.54. The van der Waals surface area contributed by atoms with Crippen LogP contribution in [0.3, 0.4) is 0 Å². The summed E-state index contributed by atoms with van der Waals surface area (Å²) in [6, 6.07) is 30.4. The molecule has 6 aromatic rings. The number of H-pyrrole nitrogens is 2. The Morgan fingerprint density at radius 1 is 0.733 bits per heavy atom. The van der Waals surface area contributed by atoms with Crippen LogP contribution in [-0.4, -0.2) is 75.5 Å². The molecule has 0 bridgehead atoms. The number of likely N-dealkylation sites (tertiary alicyclic amines) is 1. The molecular formula is C47H49N7O6. The molecule has 4 aromatic carbocycles. The maximum atomic E-state index is 13.9. The predicted octanol–water partition coefficient (Wildman–Crippen LogP) is 8.49. The smallest absolute Gasteiger partial charge is 0.407 e. The highest BCUT2D eigenvalue weighted by atomic mass is 16.5. The summed E-state index contributed by atoms with van der Waals surface area (Å²) in [5.74, 6) is 1.01. The van der Waals surface area contributed by atoms with Crippen LogP contribution in [0.15, 0.2) is 103 Å². The first-order valence-corrected chi connectivity index (χ1v) is 20.5. The van der Waals surface area contributed by atoms with Crippen molar-refractivity contribution in [3.05, 3.63) is 120 Å². The minimum atomic E-state index is -0.878. The number of nitrogens with one attached hydrogen (secondary N) is 4. The highest BCUT2D eigenvalue weighted by Crippen LogP contribution is 2.44. The first-order chi connectivity index (χ1) is 29.1. The van der Waals surface area contributed by atoms with Crippen molar-refractivity contribution in [3.63, 3.8) is 0 Å². The average molecular weight is 808 g/mol. The Morgan fingerprint density at radius 3 is 2.00 bits per heavy atom. The SMILES string of the molecule is COC(=O)N[C@H](C(=O)C1CC[C@H]1c1nc2ccc(-c3ccc(-c4ccc(-c5cnc([C@@H]6CCCN6C(=O)[C@H](NC(=O)OC)c6ccccc6)[nH]5)cc4)cc3)cc2[nH]1)C(C)C. The number of nitrogens with zero attached hydrogens (tertiary/aromatic N) is 3. The number of rotatable bonds is 12. The molecule has 2 fully saturated rings. The number of aromatic nitrogens is 4. The molecule has 5 atom stereocenters. The van der Waals surface area contributed by atoms with E-state index in [0.717, 1.165) is 76.1 Å². The van der Waals surface area contributed by atoms with Gasteiger partial charge in [-0.3, -0.25) is 9.59 Å². The number of Topliss-reactive ketones (excluding diaryl/α,β-unsaturated/α-hetero) is 1. The van der Waals surface area contributed by atoms with E-state index in [1.165, 1.54) is 14.2 Å². The lowest BCUT2D eigenvalue weighted by Crippen LogP contribution is -2.49. The quantitative estimate of drug-likeness (QED) is 0.0954.